The summed E-state index contributed by atoms with van der Waals surface area (Å²) in [6.07, 6.45) is 3.84. The van der Waals surface area contributed by atoms with Crippen molar-refractivity contribution in [2.45, 2.75) is 31.7 Å². The van der Waals surface area contributed by atoms with Crippen molar-refractivity contribution in [2.24, 2.45) is 0 Å². The third-order valence-corrected chi connectivity index (χ3v) is 5.06. The van der Waals surface area contributed by atoms with Gasteiger partial charge in [0.1, 0.15) is 0 Å². The van der Waals surface area contributed by atoms with Crippen LogP contribution in [-0.2, 0) is 10.2 Å². The van der Waals surface area contributed by atoms with Gasteiger partial charge in [-0.3, -0.25) is 0 Å². The third-order valence-electron chi connectivity index (χ3n) is 3.39. The van der Waals surface area contributed by atoms with Crippen molar-refractivity contribution >= 4 is 10.2 Å². The van der Waals surface area contributed by atoms with Crippen LogP contribution < -0.4 is 10.0 Å². The Morgan fingerprint density at radius 3 is 2.68 bits per heavy atom. The van der Waals surface area contributed by atoms with Crippen molar-refractivity contribution in [3.63, 3.8) is 0 Å². The molecule has 1 saturated heterocycles. The van der Waals surface area contributed by atoms with Crippen LogP contribution in [0.3, 0.4) is 0 Å². The lowest BCUT2D eigenvalue weighted by atomic mass is 10.1. The van der Waals surface area contributed by atoms with Crippen LogP contribution >= 0.6 is 0 Å². The van der Waals surface area contributed by atoms with Gasteiger partial charge in [0.25, 0.3) is 10.2 Å². The average Bonchev–Trinajstić information content (AvgIpc) is 2.35. The molecule has 0 bridgehead atoms. The van der Waals surface area contributed by atoms with Crippen LogP contribution in [0.25, 0.3) is 0 Å². The minimum absolute atomic E-state index is 0.0881. The molecule has 6 nitrogen and oxygen atoms in total. The highest BCUT2D eigenvalue weighted by Crippen LogP contribution is 2.19. The molecule has 0 amide bonds. The predicted octanol–water partition coefficient (Wildman–Crippen LogP) is -0.154. The van der Waals surface area contributed by atoms with Gasteiger partial charge >= 0.3 is 0 Å². The van der Waals surface area contributed by atoms with Gasteiger partial charge in [0.05, 0.1) is 0 Å². The zero-order valence-corrected chi connectivity index (χ0v) is 13.2. The van der Waals surface area contributed by atoms with Crippen LogP contribution in [0.4, 0.5) is 0 Å². The summed E-state index contributed by atoms with van der Waals surface area (Å²) in [5, 5.41) is 3.08. The van der Waals surface area contributed by atoms with Crippen molar-refractivity contribution in [3.05, 3.63) is 0 Å². The summed E-state index contributed by atoms with van der Waals surface area (Å²) >= 11 is 0. The molecule has 0 aromatic carbocycles. The highest BCUT2D eigenvalue weighted by atomic mass is 32.2. The molecule has 0 spiro atoms. The van der Waals surface area contributed by atoms with E-state index in [1.807, 2.05) is 21.1 Å². The van der Waals surface area contributed by atoms with E-state index in [4.69, 9.17) is 0 Å². The fraction of sp³-hybridized carbons (Fsp3) is 1.00. The van der Waals surface area contributed by atoms with Crippen molar-refractivity contribution in [3.8, 4) is 0 Å². The fourth-order valence-corrected chi connectivity index (χ4v) is 3.92. The molecular weight excluding hydrogens is 264 g/mol. The van der Waals surface area contributed by atoms with Gasteiger partial charge in [-0.25, -0.2) is 4.72 Å². The van der Waals surface area contributed by atoms with E-state index in [1.54, 1.807) is 4.31 Å². The quantitative estimate of drug-likeness (QED) is 0.611. The molecule has 1 unspecified atom stereocenters. The van der Waals surface area contributed by atoms with Crippen molar-refractivity contribution in [1.29, 1.82) is 0 Å². The summed E-state index contributed by atoms with van der Waals surface area (Å²) in [5.41, 5.74) is 0. The van der Waals surface area contributed by atoms with Gasteiger partial charge in [0.15, 0.2) is 0 Å². The van der Waals surface area contributed by atoms with Gasteiger partial charge in [0, 0.05) is 25.7 Å². The maximum Gasteiger partial charge on any atom is 0.279 e. The van der Waals surface area contributed by atoms with Crippen molar-refractivity contribution in [2.75, 3.05) is 47.3 Å². The Morgan fingerprint density at radius 1 is 1.32 bits per heavy atom. The molecule has 19 heavy (non-hydrogen) atoms. The molecule has 2 N–H and O–H groups in total. The van der Waals surface area contributed by atoms with E-state index in [1.165, 1.54) is 0 Å². The van der Waals surface area contributed by atoms with E-state index in [-0.39, 0.29) is 6.04 Å². The lowest BCUT2D eigenvalue weighted by molar-refractivity contribution is 0.246. The number of hydrogen-bond donors (Lipinski definition) is 2. The minimum Gasteiger partial charge on any atom is -0.318 e. The Balaban J connectivity index is 2.49. The molecule has 1 aliphatic heterocycles. The highest BCUT2D eigenvalue weighted by Gasteiger charge is 2.31. The zero-order valence-electron chi connectivity index (χ0n) is 12.4. The van der Waals surface area contributed by atoms with Gasteiger partial charge in [-0.2, -0.15) is 12.7 Å². The number of nitrogens with zero attached hydrogens (tertiary/aromatic N) is 2. The molecule has 1 heterocycles. The maximum absolute atomic E-state index is 12.3. The molecule has 0 radical (unpaired) electrons. The second-order valence-corrected chi connectivity index (χ2v) is 7.08. The van der Waals surface area contributed by atoms with E-state index >= 15 is 0 Å². The van der Waals surface area contributed by atoms with Crippen LogP contribution in [0, 0.1) is 0 Å². The molecule has 0 aromatic heterocycles. The van der Waals surface area contributed by atoms with E-state index in [0.717, 1.165) is 38.8 Å². The van der Waals surface area contributed by atoms with Crippen LogP contribution in [0.5, 0.6) is 0 Å². The largest absolute Gasteiger partial charge is 0.318 e. The number of likely N-dealkylation sites (N-methyl/N-ethyl adjacent to an activating group) is 1. The summed E-state index contributed by atoms with van der Waals surface area (Å²) in [7, 11) is 2.51. The SMILES string of the molecule is CNCC1CCCCN1S(=O)(=O)NCCCN(C)C. The van der Waals surface area contributed by atoms with Gasteiger partial charge in [-0.15, -0.1) is 0 Å². The first-order valence-corrected chi connectivity index (χ1v) is 8.47. The van der Waals surface area contributed by atoms with Gasteiger partial charge in [0.2, 0.25) is 0 Å². The summed E-state index contributed by atoms with van der Waals surface area (Å²) in [6, 6.07) is 0.0881. The topological polar surface area (TPSA) is 64.7 Å². The first kappa shape index (κ1) is 16.8. The van der Waals surface area contributed by atoms with Gasteiger partial charge in [-0.1, -0.05) is 6.42 Å². The molecule has 1 fully saturated rings. The van der Waals surface area contributed by atoms with E-state index in [9.17, 15) is 8.42 Å². The maximum atomic E-state index is 12.3. The van der Waals surface area contributed by atoms with Crippen LogP contribution in [-0.4, -0.2) is 71.0 Å². The molecule has 1 aliphatic rings. The molecule has 0 aromatic rings. The number of hydrogen-bond acceptors (Lipinski definition) is 4. The normalized spacial score (nSPS) is 22.0. The molecule has 1 atom stereocenters. The van der Waals surface area contributed by atoms with Crippen LogP contribution in [0.15, 0.2) is 0 Å². The first-order valence-electron chi connectivity index (χ1n) is 7.03. The van der Waals surface area contributed by atoms with Gasteiger partial charge in [-0.05, 0) is 47.0 Å². The Labute approximate surface area is 117 Å². The molecule has 114 valence electrons. The number of nitrogens with one attached hydrogen (secondary N) is 2. The monoisotopic (exact) mass is 292 g/mol. The van der Waals surface area contributed by atoms with E-state index < -0.39 is 10.2 Å². The summed E-state index contributed by atoms with van der Waals surface area (Å²) in [4.78, 5) is 2.05. The predicted molar refractivity (Wildman–Crippen MR) is 78.4 cm³/mol. The van der Waals surface area contributed by atoms with Crippen LogP contribution in [0.2, 0.25) is 0 Å². The van der Waals surface area contributed by atoms with Crippen molar-refractivity contribution < 1.29 is 8.42 Å². The highest BCUT2D eigenvalue weighted by molar-refractivity contribution is 7.87. The van der Waals surface area contributed by atoms with E-state index in [0.29, 0.717) is 13.1 Å². The van der Waals surface area contributed by atoms with Crippen molar-refractivity contribution in [1.82, 2.24) is 19.2 Å². The van der Waals surface area contributed by atoms with Gasteiger partial charge < -0.3 is 10.2 Å². The molecule has 7 heteroatoms. The number of piperidine rings is 1. The average molecular weight is 292 g/mol. The number of rotatable bonds is 8. The fourth-order valence-electron chi connectivity index (χ4n) is 2.41. The molecule has 0 aliphatic carbocycles. The second-order valence-electron chi connectivity index (χ2n) is 5.37. The Morgan fingerprint density at radius 2 is 2.05 bits per heavy atom. The third kappa shape index (κ3) is 5.74. The second kappa shape index (κ2) is 8.16. The zero-order chi connectivity index (χ0) is 14.3. The summed E-state index contributed by atoms with van der Waals surface area (Å²) in [6.45, 7) is 2.75. The summed E-state index contributed by atoms with van der Waals surface area (Å²) in [5.74, 6) is 0. The minimum atomic E-state index is -3.33. The van der Waals surface area contributed by atoms with Crippen LogP contribution in [0.1, 0.15) is 25.7 Å². The standard InChI is InChI=1S/C12H28N4O2S/c1-13-11-12-7-4-5-10-16(12)19(17,18)14-8-6-9-15(2)3/h12-14H,4-11H2,1-3H3. The smallest absolute Gasteiger partial charge is 0.279 e. The summed E-state index contributed by atoms with van der Waals surface area (Å²) < 4.78 is 28.9. The Hall–Kier alpha value is -0.210. The Kier molecular flexibility index (Phi) is 7.23. The Bertz CT molecular complexity index is 344. The molecule has 0 saturated carbocycles. The lowest BCUT2D eigenvalue weighted by Gasteiger charge is -2.34. The molecule has 1 rings (SSSR count). The lowest BCUT2D eigenvalue weighted by Crippen LogP contribution is -2.52. The van der Waals surface area contributed by atoms with E-state index in [2.05, 4.69) is 14.9 Å². The first-order chi connectivity index (χ1) is 8.97. The molecular formula is C12H28N4O2S.